The topological polar surface area (TPSA) is 0 Å². The van der Waals surface area contributed by atoms with Crippen LogP contribution in [0.3, 0.4) is 0 Å². The lowest BCUT2D eigenvalue weighted by Gasteiger charge is -2.08. The molecule has 1 heterocycles. The highest BCUT2D eigenvalue weighted by Gasteiger charge is 2.02. The molecule has 0 spiro atoms. The molecule has 0 nitrogen and oxygen atoms in total. The molecule has 0 N–H and O–H groups in total. The van der Waals surface area contributed by atoms with Crippen LogP contribution in [-0.4, -0.2) is 16.4 Å². The number of hydrogen-bond donors (Lipinski definition) is 0. The van der Waals surface area contributed by atoms with Gasteiger partial charge in [-0.25, -0.2) is 0 Å². The maximum Gasteiger partial charge on any atom is 0.0248 e. The van der Waals surface area contributed by atoms with E-state index in [9.17, 15) is 0 Å². The quantitative estimate of drug-likeness (QED) is 0.462. The smallest absolute Gasteiger partial charge is 0.0248 e. The summed E-state index contributed by atoms with van der Waals surface area (Å²) in [6, 6.07) is 0. The van der Waals surface area contributed by atoms with Crippen molar-refractivity contribution in [3.05, 3.63) is 0 Å². The van der Waals surface area contributed by atoms with Crippen molar-refractivity contribution < 1.29 is 0 Å². The molecule has 0 unspecified atom stereocenters. The molecule has 0 aromatic heterocycles. The highest BCUT2D eigenvalue weighted by Crippen LogP contribution is 2.13. The van der Waals surface area contributed by atoms with Gasteiger partial charge in [0.15, 0.2) is 0 Å². The van der Waals surface area contributed by atoms with Gasteiger partial charge in [0.1, 0.15) is 0 Å². The Morgan fingerprint density at radius 1 is 1.57 bits per heavy atom. The van der Waals surface area contributed by atoms with Crippen LogP contribution < -0.4 is 0 Å². The van der Waals surface area contributed by atoms with Gasteiger partial charge in [-0.3, -0.25) is 0 Å². The summed E-state index contributed by atoms with van der Waals surface area (Å²) in [6.07, 6.45) is 2.51. The zero-order chi connectivity index (χ0) is 5.11. The van der Waals surface area contributed by atoms with Gasteiger partial charge < -0.3 is 0 Å². The zero-order valence-electron chi connectivity index (χ0n) is 4.14. The van der Waals surface area contributed by atoms with Crippen LogP contribution in [0.15, 0.2) is 0 Å². The van der Waals surface area contributed by atoms with Gasteiger partial charge in [-0.15, -0.1) is 0 Å². The summed E-state index contributed by atoms with van der Waals surface area (Å²) >= 11 is 6.95. The Balaban J connectivity index is 2.25. The minimum Gasteiger partial charge on any atom is -0.157 e. The maximum absolute atomic E-state index is 4.98. The Morgan fingerprint density at radius 3 is 2.71 bits per heavy atom. The van der Waals surface area contributed by atoms with Crippen molar-refractivity contribution in [1.29, 1.82) is 0 Å². The Bertz CT molecular complexity index is 70.1. The Kier molecular flexibility index (Phi) is 2.13. The van der Waals surface area contributed by atoms with Crippen LogP contribution in [-0.2, 0) is 0 Å². The third-order valence-corrected chi connectivity index (χ3v) is 2.67. The number of thiocarbonyl (C=S) groups is 1. The Hall–Kier alpha value is 0.440. The van der Waals surface area contributed by atoms with Crippen LogP contribution in [0.5, 0.6) is 0 Å². The fourth-order valence-corrected chi connectivity index (χ4v) is 1.89. The lowest BCUT2D eigenvalue weighted by Crippen LogP contribution is -2.05. The van der Waals surface area contributed by atoms with Crippen LogP contribution in [0.25, 0.3) is 0 Å². The van der Waals surface area contributed by atoms with E-state index in [1.165, 1.54) is 23.5 Å². The lowest BCUT2D eigenvalue weighted by atomic mass is 10.3. The molecule has 0 atom stereocenters. The average molecular weight is 132 g/mol. The van der Waals surface area contributed by atoms with E-state index < -0.39 is 0 Å². The molecule has 0 radical (unpaired) electrons. The minimum absolute atomic E-state index is 1.13. The monoisotopic (exact) mass is 132 g/mol. The van der Waals surface area contributed by atoms with Gasteiger partial charge in [0.05, 0.1) is 0 Å². The average Bonchev–Trinajstić information content (AvgIpc) is 1.69. The minimum atomic E-state index is 1.13. The summed E-state index contributed by atoms with van der Waals surface area (Å²) in [4.78, 5) is 1.26. The normalized spacial score (nSPS) is 22.6. The first-order valence-corrected chi connectivity index (χ1v) is 4.05. The van der Waals surface area contributed by atoms with E-state index in [-0.39, 0.29) is 0 Å². The van der Waals surface area contributed by atoms with Crippen LogP contribution in [0.2, 0.25) is 0 Å². The van der Waals surface area contributed by atoms with Gasteiger partial charge in [-0.2, -0.15) is 11.8 Å². The molecule has 0 aliphatic carbocycles. The second-order valence-electron chi connectivity index (χ2n) is 1.69. The maximum atomic E-state index is 4.98. The summed E-state index contributed by atoms with van der Waals surface area (Å²) in [5.74, 6) is 2.45. The van der Waals surface area contributed by atoms with Crippen molar-refractivity contribution in [2.75, 3.05) is 11.5 Å². The molecule has 1 fully saturated rings. The summed E-state index contributed by atoms with van der Waals surface area (Å²) in [5, 5.41) is 0. The second kappa shape index (κ2) is 2.68. The second-order valence-corrected chi connectivity index (χ2v) is 3.38. The Morgan fingerprint density at radius 2 is 2.43 bits per heavy atom. The van der Waals surface area contributed by atoms with E-state index >= 15 is 0 Å². The van der Waals surface area contributed by atoms with Gasteiger partial charge in [0.25, 0.3) is 0 Å². The molecule has 7 heavy (non-hydrogen) atoms. The van der Waals surface area contributed by atoms with Crippen LogP contribution in [0, 0.1) is 0 Å². The largest absolute Gasteiger partial charge is 0.157 e. The number of thioether (sulfide) groups is 1. The summed E-state index contributed by atoms with van der Waals surface area (Å²) in [5.41, 5.74) is 0. The fourth-order valence-electron chi connectivity index (χ4n) is 0.630. The fraction of sp³-hybridized carbons (Fsp3) is 0.800. The van der Waals surface area contributed by atoms with E-state index in [0.717, 1.165) is 5.75 Å². The molecule has 0 saturated carbocycles. The van der Waals surface area contributed by atoms with E-state index in [0.29, 0.717) is 0 Å². The summed E-state index contributed by atoms with van der Waals surface area (Å²) in [7, 11) is 0. The predicted molar refractivity (Wildman–Crippen MR) is 39.2 cm³/mol. The molecule has 1 saturated heterocycles. The van der Waals surface area contributed by atoms with Gasteiger partial charge in [-0.05, 0) is 18.6 Å². The van der Waals surface area contributed by atoms with Crippen molar-refractivity contribution in [2.45, 2.75) is 12.8 Å². The SMILES string of the molecule is S=C1CCCSC1. The van der Waals surface area contributed by atoms with Crippen LogP contribution in [0.4, 0.5) is 0 Å². The van der Waals surface area contributed by atoms with Crippen molar-refractivity contribution in [3.63, 3.8) is 0 Å². The number of rotatable bonds is 0. The summed E-state index contributed by atoms with van der Waals surface area (Å²) < 4.78 is 0. The van der Waals surface area contributed by atoms with Gasteiger partial charge >= 0.3 is 0 Å². The van der Waals surface area contributed by atoms with Crippen LogP contribution in [0.1, 0.15) is 12.8 Å². The third kappa shape index (κ3) is 1.78. The molecular weight excluding hydrogens is 124 g/mol. The zero-order valence-corrected chi connectivity index (χ0v) is 5.78. The molecule has 1 aliphatic rings. The highest BCUT2D eigenvalue weighted by atomic mass is 32.2. The molecule has 0 bridgehead atoms. The van der Waals surface area contributed by atoms with Crippen molar-refractivity contribution in [1.82, 2.24) is 0 Å². The Labute approximate surface area is 53.7 Å². The molecule has 2 heteroatoms. The summed E-state index contributed by atoms with van der Waals surface area (Å²) in [6.45, 7) is 0. The number of hydrogen-bond acceptors (Lipinski definition) is 2. The first-order chi connectivity index (χ1) is 3.39. The molecule has 40 valence electrons. The van der Waals surface area contributed by atoms with E-state index in [4.69, 9.17) is 12.2 Å². The standard InChI is InChI=1S/C5H8S2/c6-5-2-1-3-7-4-5/h1-4H2. The molecular formula is C5H8S2. The third-order valence-electron chi connectivity index (χ3n) is 1.01. The molecule has 0 amide bonds. The predicted octanol–water partition coefficient (Wildman–Crippen LogP) is 1.88. The van der Waals surface area contributed by atoms with E-state index in [2.05, 4.69) is 0 Å². The lowest BCUT2D eigenvalue weighted by molar-refractivity contribution is 1.00. The highest BCUT2D eigenvalue weighted by molar-refractivity contribution is 8.01. The first-order valence-electron chi connectivity index (χ1n) is 2.49. The van der Waals surface area contributed by atoms with Crippen molar-refractivity contribution in [3.8, 4) is 0 Å². The van der Waals surface area contributed by atoms with Gasteiger partial charge in [-0.1, -0.05) is 12.2 Å². The van der Waals surface area contributed by atoms with Gasteiger partial charge in [0.2, 0.25) is 0 Å². The van der Waals surface area contributed by atoms with E-state index in [1.807, 2.05) is 11.8 Å². The van der Waals surface area contributed by atoms with E-state index in [1.54, 1.807) is 0 Å². The van der Waals surface area contributed by atoms with Crippen molar-refractivity contribution in [2.24, 2.45) is 0 Å². The van der Waals surface area contributed by atoms with Crippen molar-refractivity contribution >= 4 is 28.8 Å². The molecule has 1 rings (SSSR count). The molecule has 0 aromatic carbocycles. The first kappa shape index (κ1) is 5.57. The molecule has 1 aliphatic heterocycles. The van der Waals surface area contributed by atoms with Gasteiger partial charge in [0, 0.05) is 10.6 Å². The van der Waals surface area contributed by atoms with Crippen LogP contribution >= 0.6 is 24.0 Å². The molecule has 0 aromatic rings.